The number of nitrogens with zero attached hydrogens (tertiary/aromatic N) is 1. The van der Waals surface area contributed by atoms with Gasteiger partial charge in [0.05, 0.1) is 13.3 Å². The Morgan fingerprint density at radius 3 is 2.67 bits per heavy atom. The zero-order valence-corrected chi connectivity index (χ0v) is 16.3. The van der Waals surface area contributed by atoms with Crippen LogP contribution in [-0.2, 0) is 9.59 Å². The van der Waals surface area contributed by atoms with E-state index >= 15 is 0 Å². The van der Waals surface area contributed by atoms with Crippen molar-refractivity contribution in [2.24, 2.45) is 5.10 Å². The fraction of sp³-hybridized carbons (Fsp3) is 0.190. The second-order valence-corrected chi connectivity index (χ2v) is 6.02. The average Bonchev–Trinajstić information content (AvgIpc) is 2.77. The number of benzene rings is 2. The van der Waals surface area contributed by atoms with Gasteiger partial charge in [0.25, 0.3) is 0 Å². The summed E-state index contributed by atoms with van der Waals surface area (Å²) >= 11 is 0. The van der Waals surface area contributed by atoms with Crippen molar-refractivity contribution < 1.29 is 28.5 Å². The Bertz CT molecular complexity index is 973. The second-order valence-electron chi connectivity index (χ2n) is 6.02. The molecule has 1 aliphatic rings. The number of carbonyl (C=O) groups is 2. The molecule has 3 rings (SSSR count). The average molecular weight is 411 g/mol. The summed E-state index contributed by atoms with van der Waals surface area (Å²) in [7, 11) is 1.51. The fourth-order valence-electron chi connectivity index (χ4n) is 2.56. The van der Waals surface area contributed by atoms with E-state index < -0.39 is 11.8 Å². The highest BCUT2D eigenvalue weighted by atomic mass is 16.6. The summed E-state index contributed by atoms with van der Waals surface area (Å²) in [5.74, 6) is 0.367. The van der Waals surface area contributed by atoms with Gasteiger partial charge in [0.2, 0.25) is 0 Å². The van der Waals surface area contributed by atoms with E-state index in [9.17, 15) is 9.59 Å². The molecule has 2 aromatic rings. The maximum absolute atomic E-state index is 12.1. The molecule has 0 spiro atoms. The minimum atomic E-state index is -0.918. The molecule has 9 heteroatoms. The van der Waals surface area contributed by atoms with E-state index in [1.807, 2.05) is 0 Å². The lowest BCUT2D eigenvalue weighted by Crippen LogP contribution is -2.32. The standard InChI is InChI=1S/C21H21N3O6/c1-3-8-28-16-6-4-14(11-18(16)27-2)13-22-24-21(26)20(25)23-15-5-7-17-19(12-15)30-10-9-29-17/h3-7,11-13H,1,8-10H2,2H3,(H,23,25)(H,24,26)/b22-13-. The molecule has 0 saturated carbocycles. The van der Waals surface area contributed by atoms with Crippen LogP contribution in [-0.4, -0.2) is 45.0 Å². The third kappa shape index (κ3) is 5.28. The molecule has 2 N–H and O–H groups in total. The zero-order valence-electron chi connectivity index (χ0n) is 16.3. The number of hydrazone groups is 1. The molecule has 0 fully saturated rings. The van der Waals surface area contributed by atoms with E-state index in [1.165, 1.54) is 13.3 Å². The minimum absolute atomic E-state index is 0.346. The van der Waals surface area contributed by atoms with Crippen molar-refractivity contribution in [2.75, 3.05) is 32.2 Å². The number of rotatable bonds is 7. The highest BCUT2D eigenvalue weighted by Crippen LogP contribution is 2.32. The largest absolute Gasteiger partial charge is 0.493 e. The Kier molecular flexibility index (Phi) is 6.88. The second kappa shape index (κ2) is 9.97. The molecule has 9 nitrogen and oxygen atoms in total. The first-order valence-corrected chi connectivity index (χ1v) is 9.06. The van der Waals surface area contributed by atoms with E-state index in [4.69, 9.17) is 18.9 Å². The van der Waals surface area contributed by atoms with Crippen LogP contribution in [0.15, 0.2) is 54.2 Å². The number of hydrogen-bond acceptors (Lipinski definition) is 7. The lowest BCUT2D eigenvalue weighted by molar-refractivity contribution is -0.136. The van der Waals surface area contributed by atoms with Gasteiger partial charge in [-0.1, -0.05) is 12.7 Å². The van der Waals surface area contributed by atoms with Crippen molar-refractivity contribution in [3.63, 3.8) is 0 Å². The predicted molar refractivity (Wildman–Crippen MR) is 110 cm³/mol. The fourth-order valence-corrected chi connectivity index (χ4v) is 2.56. The first-order chi connectivity index (χ1) is 14.6. The number of carbonyl (C=O) groups excluding carboxylic acids is 2. The van der Waals surface area contributed by atoms with Crippen molar-refractivity contribution in [1.29, 1.82) is 0 Å². The number of ether oxygens (including phenoxy) is 4. The Morgan fingerprint density at radius 1 is 1.10 bits per heavy atom. The molecule has 2 amide bonds. The summed E-state index contributed by atoms with van der Waals surface area (Å²) in [6.45, 7) is 4.83. The van der Waals surface area contributed by atoms with Gasteiger partial charge in [0.15, 0.2) is 23.0 Å². The number of fused-ring (bicyclic) bond motifs is 1. The maximum Gasteiger partial charge on any atom is 0.329 e. The number of nitrogens with one attached hydrogen (secondary N) is 2. The maximum atomic E-state index is 12.1. The summed E-state index contributed by atoms with van der Waals surface area (Å²) in [4.78, 5) is 24.0. The van der Waals surface area contributed by atoms with Gasteiger partial charge in [0, 0.05) is 11.8 Å². The lowest BCUT2D eigenvalue weighted by Gasteiger charge is -2.18. The Morgan fingerprint density at radius 2 is 1.90 bits per heavy atom. The molecular formula is C21H21N3O6. The van der Waals surface area contributed by atoms with E-state index in [0.29, 0.717) is 54.1 Å². The van der Waals surface area contributed by atoms with E-state index in [-0.39, 0.29) is 0 Å². The molecule has 0 unspecified atom stereocenters. The van der Waals surface area contributed by atoms with Crippen LogP contribution in [0.5, 0.6) is 23.0 Å². The molecule has 0 radical (unpaired) electrons. The van der Waals surface area contributed by atoms with Crippen LogP contribution in [0.25, 0.3) is 0 Å². The number of anilines is 1. The van der Waals surface area contributed by atoms with E-state index in [1.54, 1.807) is 42.5 Å². The van der Waals surface area contributed by atoms with Crippen LogP contribution in [0, 0.1) is 0 Å². The van der Waals surface area contributed by atoms with Crippen LogP contribution in [0.3, 0.4) is 0 Å². The topological polar surface area (TPSA) is 107 Å². The van der Waals surface area contributed by atoms with Gasteiger partial charge in [-0.15, -0.1) is 0 Å². The highest BCUT2D eigenvalue weighted by Gasteiger charge is 2.16. The Balaban J connectivity index is 1.56. The van der Waals surface area contributed by atoms with Crippen molar-refractivity contribution in [2.45, 2.75) is 0 Å². The monoisotopic (exact) mass is 411 g/mol. The van der Waals surface area contributed by atoms with Gasteiger partial charge in [0.1, 0.15) is 19.8 Å². The van der Waals surface area contributed by atoms with Gasteiger partial charge < -0.3 is 24.3 Å². The summed E-state index contributed by atoms with van der Waals surface area (Å²) < 4.78 is 21.6. The third-order valence-electron chi connectivity index (χ3n) is 3.93. The van der Waals surface area contributed by atoms with Gasteiger partial charge in [-0.2, -0.15) is 5.10 Å². The number of hydrogen-bond donors (Lipinski definition) is 2. The van der Waals surface area contributed by atoms with Crippen LogP contribution < -0.4 is 29.7 Å². The number of amides is 2. The smallest absolute Gasteiger partial charge is 0.329 e. The van der Waals surface area contributed by atoms with E-state index in [2.05, 4.69) is 22.4 Å². The normalized spacial score (nSPS) is 12.2. The van der Waals surface area contributed by atoms with Crippen molar-refractivity contribution in [3.05, 3.63) is 54.6 Å². The summed E-state index contributed by atoms with van der Waals surface area (Å²) in [6, 6.07) is 9.99. The molecular weight excluding hydrogens is 390 g/mol. The molecule has 0 atom stereocenters. The minimum Gasteiger partial charge on any atom is -0.493 e. The first kappa shape index (κ1) is 20.7. The zero-order chi connectivity index (χ0) is 21.3. The molecule has 30 heavy (non-hydrogen) atoms. The summed E-state index contributed by atoms with van der Waals surface area (Å²) in [6.07, 6.45) is 3.01. The number of methoxy groups -OCH3 is 1. The molecule has 0 aliphatic carbocycles. The highest BCUT2D eigenvalue weighted by molar-refractivity contribution is 6.39. The van der Waals surface area contributed by atoms with Crippen LogP contribution in [0.4, 0.5) is 5.69 Å². The quantitative estimate of drug-likeness (QED) is 0.313. The Labute approximate surface area is 173 Å². The Hall–Kier alpha value is -4.01. The third-order valence-corrected chi connectivity index (χ3v) is 3.93. The molecule has 0 bridgehead atoms. The van der Waals surface area contributed by atoms with Crippen LogP contribution in [0.2, 0.25) is 0 Å². The molecule has 2 aromatic carbocycles. The first-order valence-electron chi connectivity index (χ1n) is 9.06. The molecule has 0 saturated heterocycles. The molecule has 0 aromatic heterocycles. The van der Waals surface area contributed by atoms with Crippen LogP contribution in [0.1, 0.15) is 5.56 Å². The lowest BCUT2D eigenvalue weighted by atomic mass is 10.2. The SMILES string of the molecule is C=CCOc1ccc(/C=N\NC(=O)C(=O)Nc2ccc3c(c2)OCCO3)cc1OC. The summed E-state index contributed by atoms with van der Waals surface area (Å²) in [5, 5.41) is 6.28. The predicted octanol–water partition coefficient (Wildman–Crippen LogP) is 2.12. The van der Waals surface area contributed by atoms with E-state index in [0.717, 1.165) is 0 Å². The molecule has 156 valence electrons. The van der Waals surface area contributed by atoms with Crippen molar-refractivity contribution >= 4 is 23.7 Å². The summed E-state index contributed by atoms with van der Waals surface area (Å²) in [5.41, 5.74) is 3.23. The van der Waals surface area contributed by atoms with Gasteiger partial charge in [-0.25, -0.2) is 5.43 Å². The van der Waals surface area contributed by atoms with Crippen molar-refractivity contribution in [1.82, 2.24) is 5.43 Å². The van der Waals surface area contributed by atoms with Crippen molar-refractivity contribution in [3.8, 4) is 23.0 Å². The van der Waals surface area contributed by atoms with Crippen LogP contribution >= 0.6 is 0 Å². The van der Waals surface area contributed by atoms with Gasteiger partial charge in [-0.3, -0.25) is 9.59 Å². The molecule has 1 aliphatic heterocycles. The van der Waals surface area contributed by atoms with Gasteiger partial charge in [-0.05, 0) is 35.9 Å². The van der Waals surface area contributed by atoms with Gasteiger partial charge >= 0.3 is 11.8 Å². The molecule has 1 heterocycles.